The molecule has 0 saturated heterocycles. The topological polar surface area (TPSA) is 57.0 Å². The van der Waals surface area contributed by atoms with Gasteiger partial charge in [-0.15, -0.1) is 0 Å². The number of carbonyl (C=O) groups excluding carboxylic acids is 1. The van der Waals surface area contributed by atoms with E-state index in [1.54, 1.807) is 10.9 Å². The number of nitrogens with zero attached hydrogens (tertiary/aromatic N) is 3. The minimum Gasteiger partial charge on any atom is -0.464 e. The first-order valence-corrected chi connectivity index (χ1v) is 7.33. The molecule has 0 radical (unpaired) electrons. The number of halogens is 1. The third-order valence-corrected chi connectivity index (χ3v) is 3.97. The SMILES string of the molecule is COC(=O)c1nn(-c2cc(C)ccn2)c(C(C)C)c1I. The van der Waals surface area contributed by atoms with E-state index >= 15 is 0 Å². The molecule has 0 atom stereocenters. The van der Waals surface area contributed by atoms with Crippen LogP contribution >= 0.6 is 22.6 Å². The molecular weight excluding hydrogens is 369 g/mol. The number of hydrogen-bond acceptors (Lipinski definition) is 4. The van der Waals surface area contributed by atoms with E-state index in [9.17, 15) is 4.79 Å². The Bertz CT molecular complexity index is 650. The van der Waals surface area contributed by atoms with Gasteiger partial charge in [0.15, 0.2) is 11.5 Å². The van der Waals surface area contributed by atoms with Crippen LogP contribution in [0.15, 0.2) is 18.3 Å². The standard InChI is InChI=1S/C14H16IN3O2/c1-8(2)13-11(15)12(14(19)20-4)17-18(13)10-7-9(3)5-6-16-10/h5-8H,1-4H3. The summed E-state index contributed by atoms with van der Waals surface area (Å²) in [5, 5.41) is 4.39. The van der Waals surface area contributed by atoms with E-state index in [0.717, 1.165) is 14.8 Å². The third kappa shape index (κ3) is 2.70. The van der Waals surface area contributed by atoms with Gasteiger partial charge in [-0.3, -0.25) is 0 Å². The summed E-state index contributed by atoms with van der Waals surface area (Å²) in [4.78, 5) is 16.1. The molecule has 0 saturated carbocycles. The highest BCUT2D eigenvalue weighted by atomic mass is 127. The molecule has 0 aromatic carbocycles. The van der Waals surface area contributed by atoms with Gasteiger partial charge in [0.05, 0.1) is 16.4 Å². The summed E-state index contributed by atoms with van der Waals surface area (Å²) < 4.78 is 7.33. The number of carbonyl (C=O) groups is 1. The van der Waals surface area contributed by atoms with Gasteiger partial charge in [0.2, 0.25) is 0 Å². The average Bonchev–Trinajstić information content (AvgIpc) is 2.75. The zero-order valence-electron chi connectivity index (χ0n) is 11.8. The Morgan fingerprint density at radius 3 is 2.70 bits per heavy atom. The number of methoxy groups -OCH3 is 1. The average molecular weight is 385 g/mol. The number of ether oxygens (including phenoxy) is 1. The van der Waals surface area contributed by atoms with Crippen molar-refractivity contribution < 1.29 is 9.53 Å². The fourth-order valence-corrected chi connectivity index (χ4v) is 3.13. The number of rotatable bonds is 3. The van der Waals surface area contributed by atoms with Crippen LogP contribution in [-0.2, 0) is 4.74 Å². The van der Waals surface area contributed by atoms with E-state index in [0.29, 0.717) is 11.5 Å². The van der Waals surface area contributed by atoms with Crippen LogP contribution in [0.2, 0.25) is 0 Å². The highest BCUT2D eigenvalue weighted by molar-refractivity contribution is 14.1. The largest absolute Gasteiger partial charge is 0.464 e. The predicted molar refractivity (Wildman–Crippen MR) is 84.2 cm³/mol. The summed E-state index contributed by atoms with van der Waals surface area (Å²) in [5.74, 6) is 0.500. The van der Waals surface area contributed by atoms with Crippen LogP contribution < -0.4 is 0 Å². The van der Waals surface area contributed by atoms with Crippen molar-refractivity contribution in [3.63, 3.8) is 0 Å². The molecule has 0 N–H and O–H groups in total. The van der Waals surface area contributed by atoms with Gasteiger partial charge >= 0.3 is 5.97 Å². The molecule has 0 unspecified atom stereocenters. The summed E-state index contributed by atoms with van der Waals surface area (Å²) in [6.07, 6.45) is 1.74. The zero-order valence-corrected chi connectivity index (χ0v) is 14.0. The van der Waals surface area contributed by atoms with Crippen molar-refractivity contribution in [2.75, 3.05) is 7.11 Å². The van der Waals surface area contributed by atoms with E-state index < -0.39 is 5.97 Å². The molecule has 2 heterocycles. The Labute approximate surface area is 131 Å². The van der Waals surface area contributed by atoms with Crippen LogP contribution in [0, 0.1) is 10.5 Å². The van der Waals surface area contributed by atoms with Crippen molar-refractivity contribution in [2.45, 2.75) is 26.7 Å². The minimum atomic E-state index is -0.428. The lowest BCUT2D eigenvalue weighted by molar-refractivity contribution is 0.0592. The lowest BCUT2D eigenvalue weighted by atomic mass is 10.1. The van der Waals surface area contributed by atoms with E-state index in [-0.39, 0.29) is 5.92 Å². The molecule has 0 amide bonds. The third-order valence-electron chi connectivity index (χ3n) is 2.90. The second-order valence-corrected chi connectivity index (χ2v) is 5.88. The molecule has 0 aliphatic carbocycles. The lowest BCUT2D eigenvalue weighted by Crippen LogP contribution is -2.07. The van der Waals surface area contributed by atoms with Gasteiger partial charge in [-0.2, -0.15) is 5.10 Å². The smallest absolute Gasteiger partial charge is 0.359 e. The van der Waals surface area contributed by atoms with Crippen LogP contribution in [0.4, 0.5) is 0 Å². The second kappa shape index (κ2) is 5.90. The van der Waals surface area contributed by atoms with E-state index in [1.165, 1.54) is 7.11 Å². The van der Waals surface area contributed by atoms with Crippen molar-refractivity contribution in [1.29, 1.82) is 0 Å². The van der Waals surface area contributed by atoms with Gasteiger partial charge in [-0.1, -0.05) is 13.8 Å². The summed E-state index contributed by atoms with van der Waals surface area (Å²) >= 11 is 2.14. The number of hydrogen-bond donors (Lipinski definition) is 0. The molecule has 2 rings (SSSR count). The maximum atomic E-state index is 11.8. The molecule has 0 aliphatic rings. The van der Waals surface area contributed by atoms with Crippen LogP contribution in [-0.4, -0.2) is 27.8 Å². The summed E-state index contributed by atoms with van der Waals surface area (Å²) in [6, 6.07) is 3.87. The molecule has 6 heteroatoms. The summed E-state index contributed by atoms with van der Waals surface area (Å²) in [5.41, 5.74) is 2.39. The molecule has 20 heavy (non-hydrogen) atoms. The molecule has 2 aromatic heterocycles. The number of esters is 1. The van der Waals surface area contributed by atoms with Gasteiger partial charge in [-0.25, -0.2) is 14.5 Å². The Morgan fingerprint density at radius 1 is 1.45 bits per heavy atom. The van der Waals surface area contributed by atoms with Crippen LogP contribution in [0.3, 0.4) is 0 Å². The molecule has 0 bridgehead atoms. The Balaban J connectivity index is 2.66. The molecule has 106 valence electrons. The molecule has 2 aromatic rings. The quantitative estimate of drug-likeness (QED) is 0.602. The Morgan fingerprint density at radius 2 is 2.15 bits per heavy atom. The van der Waals surface area contributed by atoms with Crippen molar-refractivity contribution in [3.8, 4) is 5.82 Å². The van der Waals surface area contributed by atoms with Crippen LogP contribution in [0.1, 0.15) is 41.5 Å². The molecule has 0 aliphatic heterocycles. The number of aromatic nitrogens is 3. The second-order valence-electron chi connectivity index (χ2n) is 4.80. The van der Waals surface area contributed by atoms with Gasteiger partial charge in [-0.05, 0) is 53.1 Å². The molecular formula is C14H16IN3O2. The highest BCUT2D eigenvalue weighted by Gasteiger charge is 2.24. The fraction of sp³-hybridized carbons (Fsp3) is 0.357. The number of pyridine rings is 1. The minimum absolute atomic E-state index is 0.218. The monoisotopic (exact) mass is 385 g/mol. The first-order chi connectivity index (χ1) is 9.45. The first-order valence-electron chi connectivity index (χ1n) is 6.25. The summed E-state index contributed by atoms with van der Waals surface area (Å²) in [7, 11) is 1.36. The van der Waals surface area contributed by atoms with Crippen LogP contribution in [0.25, 0.3) is 5.82 Å². The zero-order chi connectivity index (χ0) is 14.9. The number of aryl methyl sites for hydroxylation is 1. The van der Waals surface area contributed by atoms with E-state index in [2.05, 4.69) is 46.5 Å². The van der Waals surface area contributed by atoms with Crippen molar-refractivity contribution in [1.82, 2.24) is 14.8 Å². The van der Waals surface area contributed by atoms with E-state index in [4.69, 9.17) is 4.74 Å². The molecule has 0 fully saturated rings. The summed E-state index contributed by atoms with van der Waals surface area (Å²) in [6.45, 7) is 6.12. The molecule has 0 spiro atoms. The fourth-order valence-electron chi connectivity index (χ4n) is 1.95. The first kappa shape index (κ1) is 15.0. The van der Waals surface area contributed by atoms with Gasteiger partial charge in [0, 0.05) is 6.20 Å². The Kier molecular flexibility index (Phi) is 4.42. The van der Waals surface area contributed by atoms with Crippen molar-refractivity contribution >= 4 is 28.6 Å². The van der Waals surface area contributed by atoms with Gasteiger partial charge in [0.1, 0.15) is 0 Å². The van der Waals surface area contributed by atoms with Crippen LogP contribution in [0.5, 0.6) is 0 Å². The van der Waals surface area contributed by atoms with Gasteiger partial charge < -0.3 is 4.74 Å². The Hall–Kier alpha value is -1.44. The van der Waals surface area contributed by atoms with Crippen molar-refractivity contribution in [3.05, 3.63) is 38.9 Å². The predicted octanol–water partition coefficient (Wildman–Crippen LogP) is 3.09. The highest BCUT2D eigenvalue weighted by Crippen LogP contribution is 2.27. The van der Waals surface area contributed by atoms with Gasteiger partial charge in [0.25, 0.3) is 0 Å². The normalized spacial score (nSPS) is 10.9. The maximum Gasteiger partial charge on any atom is 0.359 e. The molecule has 5 nitrogen and oxygen atoms in total. The van der Waals surface area contributed by atoms with E-state index in [1.807, 2.05) is 19.1 Å². The lowest BCUT2D eigenvalue weighted by Gasteiger charge is -2.10. The van der Waals surface area contributed by atoms with Crippen molar-refractivity contribution in [2.24, 2.45) is 0 Å². The maximum absolute atomic E-state index is 11.8.